The average molecular weight is 259 g/mol. The first-order chi connectivity index (χ1) is 6.22. The predicted octanol–water partition coefficient (Wildman–Crippen LogP) is 3.98. The zero-order valence-corrected chi connectivity index (χ0v) is 9.54. The molecule has 0 saturated carbocycles. The van der Waals surface area contributed by atoms with Crippen LogP contribution in [-0.2, 0) is 5.88 Å². The van der Waals surface area contributed by atoms with Crippen molar-refractivity contribution in [3.63, 3.8) is 0 Å². The van der Waals surface area contributed by atoms with Gasteiger partial charge in [-0.15, -0.1) is 11.6 Å². The molecule has 0 aliphatic rings. The summed E-state index contributed by atoms with van der Waals surface area (Å²) in [7, 11) is 0. The van der Waals surface area contributed by atoms with Crippen LogP contribution in [-0.4, -0.2) is 4.98 Å². The predicted molar refractivity (Wildman–Crippen MR) is 60.3 cm³/mol. The van der Waals surface area contributed by atoms with E-state index in [9.17, 15) is 0 Å². The first-order valence-electron chi connectivity index (χ1n) is 4.04. The quantitative estimate of drug-likeness (QED) is 0.745. The maximum absolute atomic E-state index is 5.80. The van der Waals surface area contributed by atoms with Crippen molar-refractivity contribution < 1.29 is 0 Å². The van der Waals surface area contributed by atoms with Gasteiger partial charge in [0.15, 0.2) is 0 Å². The molecule has 1 aromatic carbocycles. The molecule has 0 unspecified atom stereocenters. The second-order valence-electron chi connectivity index (χ2n) is 3.09. The first kappa shape index (κ1) is 9.10. The Balaban J connectivity index is 2.77. The van der Waals surface area contributed by atoms with Crippen molar-refractivity contribution in [2.24, 2.45) is 0 Å². The molecule has 13 heavy (non-hydrogen) atoms. The first-order valence-corrected chi connectivity index (χ1v) is 5.37. The Kier molecular flexibility index (Phi) is 2.35. The number of rotatable bonds is 1. The number of fused-ring (bicyclic) bond motifs is 1. The van der Waals surface area contributed by atoms with Gasteiger partial charge in [-0.05, 0) is 30.2 Å². The number of nitrogens with one attached hydrogen (secondary N) is 1. The Morgan fingerprint density at radius 2 is 2.23 bits per heavy atom. The molecule has 3 heteroatoms. The van der Waals surface area contributed by atoms with Crippen molar-refractivity contribution in [1.29, 1.82) is 0 Å². The summed E-state index contributed by atoms with van der Waals surface area (Å²) in [6, 6.07) is 4.23. The lowest BCUT2D eigenvalue weighted by Gasteiger charge is -1.98. The monoisotopic (exact) mass is 257 g/mol. The third kappa shape index (κ3) is 1.49. The van der Waals surface area contributed by atoms with Gasteiger partial charge in [-0.3, -0.25) is 0 Å². The summed E-state index contributed by atoms with van der Waals surface area (Å²) in [4.78, 5) is 3.20. The van der Waals surface area contributed by atoms with Crippen molar-refractivity contribution >= 4 is 38.4 Å². The van der Waals surface area contributed by atoms with E-state index in [1.54, 1.807) is 0 Å². The molecule has 1 nitrogen and oxygen atoms in total. The van der Waals surface area contributed by atoms with E-state index in [0.717, 1.165) is 15.6 Å². The van der Waals surface area contributed by atoms with Crippen molar-refractivity contribution in [2.45, 2.75) is 12.8 Å². The molecule has 0 bridgehead atoms. The molecule has 1 heterocycles. The number of hydrogen-bond acceptors (Lipinski definition) is 0. The molecule has 1 aromatic heterocycles. The molecule has 2 rings (SSSR count). The number of aromatic amines is 1. The van der Waals surface area contributed by atoms with Gasteiger partial charge in [0.2, 0.25) is 0 Å². The van der Waals surface area contributed by atoms with Gasteiger partial charge in [-0.1, -0.05) is 15.9 Å². The molecule has 0 fully saturated rings. The molecular weight excluding hydrogens is 249 g/mol. The van der Waals surface area contributed by atoms with Gasteiger partial charge in [0, 0.05) is 27.5 Å². The summed E-state index contributed by atoms with van der Waals surface area (Å²) >= 11 is 9.31. The third-order valence-corrected chi connectivity index (χ3v) is 3.33. The minimum atomic E-state index is 0.551. The summed E-state index contributed by atoms with van der Waals surface area (Å²) in [5.74, 6) is 0.551. The van der Waals surface area contributed by atoms with Crippen LogP contribution in [0.3, 0.4) is 0 Å². The number of benzene rings is 1. The Bertz CT molecular complexity index is 447. The molecule has 0 spiro atoms. The van der Waals surface area contributed by atoms with Crippen molar-refractivity contribution in [3.8, 4) is 0 Å². The maximum atomic E-state index is 5.80. The Labute approximate surface area is 90.2 Å². The molecule has 2 aromatic rings. The highest BCUT2D eigenvalue weighted by atomic mass is 79.9. The summed E-state index contributed by atoms with van der Waals surface area (Å²) < 4.78 is 1.13. The number of hydrogen-bond donors (Lipinski definition) is 1. The molecule has 0 saturated heterocycles. The van der Waals surface area contributed by atoms with E-state index in [4.69, 9.17) is 11.6 Å². The highest BCUT2D eigenvalue weighted by Gasteiger charge is 2.04. The molecule has 1 N–H and O–H groups in total. The fraction of sp³-hybridized carbons (Fsp3) is 0.200. The minimum absolute atomic E-state index is 0.551. The van der Waals surface area contributed by atoms with E-state index in [1.807, 2.05) is 6.20 Å². The SMILES string of the molecule is Cc1cc2[nH]cc(CCl)c2cc1Br. The maximum Gasteiger partial charge on any atom is 0.0495 e. The number of aryl methyl sites for hydroxylation is 1. The molecule has 0 atom stereocenters. The van der Waals surface area contributed by atoms with Gasteiger partial charge in [-0.2, -0.15) is 0 Å². The van der Waals surface area contributed by atoms with Crippen LogP contribution in [0.25, 0.3) is 10.9 Å². The Morgan fingerprint density at radius 1 is 1.46 bits per heavy atom. The molecule has 0 amide bonds. The van der Waals surface area contributed by atoms with E-state index in [0.29, 0.717) is 5.88 Å². The fourth-order valence-electron chi connectivity index (χ4n) is 1.42. The highest BCUT2D eigenvalue weighted by molar-refractivity contribution is 9.10. The number of alkyl halides is 1. The molecule has 0 radical (unpaired) electrons. The van der Waals surface area contributed by atoms with Crippen LogP contribution in [0.1, 0.15) is 11.1 Å². The van der Waals surface area contributed by atoms with Gasteiger partial charge in [0.25, 0.3) is 0 Å². The zero-order valence-electron chi connectivity index (χ0n) is 7.20. The number of H-pyrrole nitrogens is 1. The largest absolute Gasteiger partial charge is 0.361 e. The van der Waals surface area contributed by atoms with E-state index < -0.39 is 0 Å². The van der Waals surface area contributed by atoms with E-state index in [-0.39, 0.29) is 0 Å². The van der Waals surface area contributed by atoms with Crippen LogP contribution < -0.4 is 0 Å². The van der Waals surface area contributed by atoms with Crippen LogP contribution in [0.2, 0.25) is 0 Å². The van der Waals surface area contributed by atoms with Crippen molar-refractivity contribution in [2.75, 3.05) is 0 Å². The third-order valence-electron chi connectivity index (χ3n) is 2.19. The lowest BCUT2D eigenvalue weighted by atomic mass is 10.1. The second kappa shape index (κ2) is 3.35. The van der Waals surface area contributed by atoms with Crippen LogP contribution >= 0.6 is 27.5 Å². The van der Waals surface area contributed by atoms with Gasteiger partial charge in [0.05, 0.1) is 0 Å². The van der Waals surface area contributed by atoms with Gasteiger partial charge >= 0.3 is 0 Å². The van der Waals surface area contributed by atoms with Crippen LogP contribution in [0, 0.1) is 6.92 Å². The van der Waals surface area contributed by atoms with Crippen molar-refractivity contribution in [3.05, 3.63) is 33.9 Å². The summed E-state index contributed by atoms with van der Waals surface area (Å²) in [5, 5.41) is 1.20. The van der Waals surface area contributed by atoms with Crippen LogP contribution in [0.5, 0.6) is 0 Å². The summed E-state index contributed by atoms with van der Waals surface area (Å²) in [5.41, 5.74) is 3.53. The molecule has 0 aliphatic carbocycles. The van der Waals surface area contributed by atoms with E-state index in [2.05, 4.69) is 40.0 Å². The Hall–Kier alpha value is -0.470. The number of halogens is 2. The number of aromatic nitrogens is 1. The van der Waals surface area contributed by atoms with E-state index in [1.165, 1.54) is 10.9 Å². The minimum Gasteiger partial charge on any atom is -0.361 e. The summed E-state index contributed by atoms with van der Waals surface area (Å²) in [6.07, 6.45) is 1.96. The molecular formula is C10H9BrClN. The van der Waals surface area contributed by atoms with Crippen molar-refractivity contribution in [1.82, 2.24) is 4.98 Å². The van der Waals surface area contributed by atoms with Crippen LogP contribution in [0.15, 0.2) is 22.8 Å². The van der Waals surface area contributed by atoms with Gasteiger partial charge < -0.3 is 4.98 Å². The lowest BCUT2D eigenvalue weighted by molar-refractivity contribution is 1.39. The lowest BCUT2D eigenvalue weighted by Crippen LogP contribution is -1.77. The smallest absolute Gasteiger partial charge is 0.0495 e. The fourth-order valence-corrected chi connectivity index (χ4v) is 1.98. The standard InChI is InChI=1S/C10H9BrClN/c1-6-2-10-8(3-9(6)11)7(4-12)5-13-10/h2-3,5,13H,4H2,1H3. The molecule has 68 valence electrons. The molecule has 0 aliphatic heterocycles. The average Bonchev–Trinajstić information content (AvgIpc) is 2.48. The normalized spacial score (nSPS) is 11.0. The Morgan fingerprint density at radius 3 is 2.92 bits per heavy atom. The second-order valence-corrected chi connectivity index (χ2v) is 4.22. The highest BCUT2D eigenvalue weighted by Crippen LogP contribution is 2.26. The zero-order chi connectivity index (χ0) is 9.42. The topological polar surface area (TPSA) is 15.8 Å². The summed E-state index contributed by atoms with van der Waals surface area (Å²) in [6.45, 7) is 2.07. The van der Waals surface area contributed by atoms with Crippen LogP contribution in [0.4, 0.5) is 0 Å². The van der Waals surface area contributed by atoms with Gasteiger partial charge in [-0.25, -0.2) is 0 Å². The van der Waals surface area contributed by atoms with E-state index >= 15 is 0 Å². The van der Waals surface area contributed by atoms with Gasteiger partial charge in [0.1, 0.15) is 0 Å².